The van der Waals surface area contributed by atoms with Crippen molar-refractivity contribution in [3.05, 3.63) is 64.6 Å². The summed E-state index contributed by atoms with van der Waals surface area (Å²) in [5.74, 6) is 1.84. The molecule has 2 aliphatic heterocycles. The van der Waals surface area contributed by atoms with E-state index >= 15 is 0 Å². The van der Waals surface area contributed by atoms with Gasteiger partial charge in [-0.15, -0.1) is 49.6 Å². The first-order valence-corrected chi connectivity index (χ1v) is 12.0. The van der Waals surface area contributed by atoms with Gasteiger partial charge in [0.2, 0.25) is 5.95 Å². The molecule has 6 bridgehead atoms. The van der Waals surface area contributed by atoms with Crippen LogP contribution in [0.4, 0.5) is 23.1 Å². The van der Waals surface area contributed by atoms with Crippen LogP contribution in [0.1, 0.15) is 29.5 Å². The summed E-state index contributed by atoms with van der Waals surface area (Å²) in [6.07, 6.45) is 9.71. The number of pyridine rings is 1. The van der Waals surface area contributed by atoms with Crippen LogP contribution < -0.4 is 16.0 Å². The second-order valence-corrected chi connectivity index (χ2v) is 9.50. The molecule has 2 aromatic heterocycles. The summed E-state index contributed by atoms with van der Waals surface area (Å²) in [5, 5.41) is 10.6. The van der Waals surface area contributed by atoms with Crippen LogP contribution in [0.3, 0.4) is 0 Å². The highest BCUT2D eigenvalue weighted by Gasteiger charge is 2.17. The lowest BCUT2D eigenvalue weighted by Crippen LogP contribution is -2.34. The average molecular weight is 610 g/mol. The van der Waals surface area contributed by atoms with Crippen LogP contribution in [-0.2, 0) is 19.4 Å². The standard InChI is InChI=1S/C25H30ClN7.4ClH/c1-33(15-17-6-8-27-9-7-17)16-20-4-5-21-11-19(20)3-2-18-10-22(13-28-12-18)31-25-29-14-23(26)24(30-21)32-25;;;;/h4-5,10-14,17,27H,2-3,6-9,15-16H2,1H3,(H2,29,30,31,32);4*1H. The molecule has 2 aliphatic rings. The zero-order valence-electron chi connectivity index (χ0n) is 20.6. The fourth-order valence-corrected chi connectivity index (χ4v) is 4.84. The lowest BCUT2D eigenvalue weighted by molar-refractivity contribution is 0.234. The van der Waals surface area contributed by atoms with Gasteiger partial charge in [-0.2, -0.15) is 4.98 Å². The van der Waals surface area contributed by atoms with Crippen molar-refractivity contribution in [1.29, 1.82) is 0 Å². The fourth-order valence-electron chi connectivity index (χ4n) is 4.70. The van der Waals surface area contributed by atoms with Crippen LogP contribution in [0.25, 0.3) is 0 Å². The molecule has 1 saturated heterocycles. The lowest BCUT2D eigenvalue weighted by Gasteiger charge is -2.28. The van der Waals surface area contributed by atoms with Crippen molar-refractivity contribution < 1.29 is 0 Å². The lowest BCUT2D eigenvalue weighted by atomic mass is 9.96. The first kappa shape index (κ1) is 33.4. The molecule has 1 aromatic carbocycles. The quantitative estimate of drug-likeness (QED) is 0.324. The number of rotatable bonds is 4. The first-order valence-electron chi connectivity index (χ1n) is 11.6. The van der Waals surface area contributed by atoms with E-state index in [1.54, 1.807) is 12.4 Å². The van der Waals surface area contributed by atoms with Crippen LogP contribution in [0.5, 0.6) is 0 Å². The maximum absolute atomic E-state index is 6.39. The van der Waals surface area contributed by atoms with Crippen molar-refractivity contribution >= 4 is 84.4 Å². The van der Waals surface area contributed by atoms with Crippen LogP contribution in [0.15, 0.2) is 42.9 Å². The Bertz CT molecular complexity index is 1130. The molecule has 0 spiro atoms. The topological polar surface area (TPSA) is 78.0 Å². The van der Waals surface area contributed by atoms with Gasteiger partial charge in [0.15, 0.2) is 5.82 Å². The van der Waals surface area contributed by atoms with Crippen LogP contribution >= 0.6 is 61.2 Å². The summed E-state index contributed by atoms with van der Waals surface area (Å²) in [6.45, 7) is 4.36. The number of hydrogen-bond donors (Lipinski definition) is 3. The molecule has 0 saturated carbocycles. The Morgan fingerprint density at radius 2 is 1.73 bits per heavy atom. The van der Waals surface area contributed by atoms with Gasteiger partial charge in [0.05, 0.1) is 18.1 Å². The number of fused-ring (bicyclic) bond motifs is 6. The van der Waals surface area contributed by atoms with Gasteiger partial charge in [-0.1, -0.05) is 17.7 Å². The summed E-state index contributed by atoms with van der Waals surface area (Å²) < 4.78 is 0. The first-order chi connectivity index (χ1) is 16.1. The third kappa shape index (κ3) is 8.99. The molecular formula is C25H34Cl5N7. The molecule has 5 rings (SSSR count). The van der Waals surface area contributed by atoms with E-state index in [1.807, 2.05) is 6.20 Å². The van der Waals surface area contributed by atoms with Gasteiger partial charge in [-0.25, -0.2) is 4.98 Å². The van der Waals surface area contributed by atoms with Crippen LogP contribution in [-0.4, -0.2) is 46.5 Å². The monoisotopic (exact) mass is 607 g/mol. The largest absolute Gasteiger partial charge is 0.339 e. The minimum atomic E-state index is 0. The molecule has 4 heterocycles. The highest BCUT2D eigenvalue weighted by molar-refractivity contribution is 6.32. The Hall–Kier alpha value is -1.58. The third-order valence-electron chi connectivity index (χ3n) is 6.42. The molecule has 0 amide bonds. The van der Waals surface area contributed by atoms with E-state index in [9.17, 15) is 0 Å². The van der Waals surface area contributed by atoms with Gasteiger partial charge >= 0.3 is 0 Å². The molecule has 3 aromatic rings. The molecule has 12 heteroatoms. The van der Waals surface area contributed by atoms with E-state index in [0.29, 0.717) is 16.8 Å². The normalized spacial score (nSPS) is 14.5. The van der Waals surface area contributed by atoms with Gasteiger partial charge in [0, 0.05) is 25.0 Å². The number of aromatic nitrogens is 3. The fraction of sp³-hybridized carbons (Fsp3) is 0.400. The smallest absolute Gasteiger partial charge is 0.229 e. The molecule has 3 N–H and O–H groups in total. The molecule has 37 heavy (non-hydrogen) atoms. The summed E-state index contributed by atoms with van der Waals surface area (Å²) in [4.78, 5) is 15.8. The molecule has 7 nitrogen and oxygen atoms in total. The van der Waals surface area contributed by atoms with Gasteiger partial charge in [0.1, 0.15) is 5.02 Å². The van der Waals surface area contributed by atoms with Crippen molar-refractivity contribution in [2.45, 2.75) is 32.2 Å². The third-order valence-corrected chi connectivity index (χ3v) is 6.69. The van der Waals surface area contributed by atoms with Crippen LogP contribution in [0.2, 0.25) is 5.02 Å². The number of nitrogens with zero attached hydrogens (tertiary/aromatic N) is 4. The van der Waals surface area contributed by atoms with E-state index in [0.717, 1.165) is 56.3 Å². The predicted molar refractivity (Wildman–Crippen MR) is 163 cm³/mol. The van der Waals surface area contributed by atoms with Gasteiger partial charge in [-0.05, 0) is 86.6 Å². The summed E-state index contributed by atoms with van der Waals surface area (Å²) >= 11 is 6.39. The minimum Gasteiger partial charge on any atom is -0.339 e. The molecule has 0 aliphatic carbocycles. The predicted octanol–water partition coefficient (Wildman–Crippen LogP) is 6.23. The van der Waals surface area contributed by atoms with E-state index < -0.39 is 0 Å². The van der Waals surface area contributed by atoms with Crippen molar-refractivity contribution in [3.63, 3.8) is 0 Å². The van der Waals surface area contributed by atoms with Crippen molar-refractivity contribution in [1.82, 2.24) is 25.2 Å². The summed E-state index contributed by atoms with van der Waals surface area (Å²) in [7, 11) is 2.24. The SMILES string of the molecule is CN(Cc1ccc2cc1CCc1cncc(c1)Nc1ncc(Cl)c(n1)N2)CC1CCNCC1.Cl.Cl.Cl.Cl. The zero-order valence-corrected chi connectivity index (χ0v) is 24.6. The van der Waals surface area contributed by atoms with E-state index in [4.69, 9.17) is 11.6 Å². The summed E-state index contributed by atoms with van der Waals surface area (Å²) in [5.41, 5.74) is 5.73. The number of piperidine rings is 1. The maximum Gasteiger partial charge on any atom is 0.229 e. The molecule has 1 fully saturated rings. The van der Waals surface area contributed by atoms with Crippen molar-refractivity contribution in [2.75, 3.05) is 37.3 Å². The maximum atomic E-state index is 6.39. The number of nitrogens with one attached hydrogen (secondary N) is 3. The second-order valence-electron chi connectivity index (χ2n) is 9.10. The Balaban J connectivity index is 0.00000171. The average Bonchev–Trinajstić information content (AvgIpc) is 2.82. The number of halogens is 5. The number of aryl methyl sites for hydroxylation is 2. The zero-order chi connectivity index (χ0) is 22.6. The molecule has 0 unspecified atom stereocenters. The van der Waals surface area contributed by atoms with Gasteiger partial charge in [-0.3, -0.25) is 4.98 Å². The van der Waals surface area contributed by atoms with E-state index in [2.05, 4.69) is 67.1 Å². The van der Waals surface area contributed by atoms with E-state index in [-0.39, 0.29) is 49.6 Å². The minimum absolute atomic E-state index is 0. The molecule has 0 radical (unpaired) electrons. The summed E-state index contributed by atoms with van der Waals surface area (Å²) in [6, 6.07) is 8.69. The van der Waals surface area contributed by atoms with Crippen LogP contribution in [0, 0.1) is 5.92 Å². The Morgan fingerprint density at radius 1 is 0.946 bits per heavy atom. The second kappa shape index (κ2) is 15.7. The Labute approximate surface area is 248 Å². The molecule has 0 atom stereocenters. The number of benzene rings is 1. The van der Waals surface area contributed by atoms with Crippen molar-refractivity contribution in [3.8, 4) is 0 Å². The molecular weight excluding hydrogens is 576 g/mol. The Kier molecular flexibility index (Phi) is 14.2. The highest BCUT2D eigenvalue weighted by Crippen LogP contribution is 2.28. The highest BCUT2D eigenvalue weighted by atomic mass is 35.5. The van der Waals surface area contributed by atoms with Crippen molar-refractivity contribution in [2.24, 2.45) is 5.92 Å². The molecule has 204 valence electrons. The Morgan fingerprint density at radius 3 is 2.51 bits per heavy atom. The van der Waals surface area contributed by atoms with E-state index in [1.165, 1.54) is 29.5 Å². The number of hydrogen-bond acceptors (Lipinski definition) is 7. The number of anilines is 4. The van der Waals surface area contributed by atoms with Gasteiger partial charge < -0.3 is 20.9 Å². The van der Waals surface area contributed by atoms with Gasteiger partial charge in [0.25, 0.3) is 0 Å².